The van der Waals surface area contributed by atoms with Crippen molar-refractivity contribution in [1.82, 2.24) is 4.72 Å². The first-order chi connectivity index (χ1) is 10.7. The Balaban J connectivity index is 0.00000288. The molecule has 1 aliphatic carbocycles. The molecule has 0 heterocycles. The molecule has 1 aromatic carbocycles. The SMILES string of the molecule is Cl.NCC1CCCCC1NS(=O)(=O)Cc1ccccc1C(F)(F)F. The van der Waals surface area contributed by atoms with E-state index < -0.39 is 27.5 Å². The van der Waals surface area contributed by atoms with Gasteiger partial charge in [-0.15, -0.1) is 12.4 Å². The zero-order valence-electron chi connectivity index (χ0n) is 13.1. The Morgan fingerprint density at radius 3 is 2.42 bits per heavy atom. The summed E-state index contributed by atoms with van der Waals surface area (Å²) in [5.41, 5.74) is 4.51. The van der Waals surface area contributed by atoms with Gasteiger partial charge in [0.2, 0.25) is 10.0 Å². The predicted molar refractivity (Wildman–Crippen MR) is 89.3 cm³/mol. The van der Waals surface area contributed by atoms with E-state index in [1.807, 2.05) is 0 Å². The number of sulfonamides is 1. The van der Waals surface area contributed by atoms with Crippen LogP contribution in [-0.2, 0) is 22.0 Å². The molecule has 2 unspecified atom stereocenters. The quantitative estimate of drug-likeness (QED) is 0.816. The van der Waals surface area contributed by atoms with Gasteiger partial charge in [0.1, 0.15) is 0 Å². The molecular weight excluding hydrogens is 365 g/mol. The predicted octanol–water partition coefficient (Wildman–Crippen LogP) is 3.06. The zero-order valence-corrected chi connectivity index (χ0v) is 14.7. The first-order valence-corrected chi connectivity index (χ1v) is 9.23. The molecule has 2 atom stereocenters. The maximum atomic E-state index is 13.0. The van der Waals surface area contributed by atoms with Crippen LogP contribution in [0.2, 0.25) is 0 Å². The van der Waals surface area contributed by atoms with Crippen LogP contribution in [0.25, 0.3) is 0 Å². The number of rotatable bonds is 5. The number of hydrogen-bond acceptors (Lipinski definition) is 3. The molecule has 1 aliphatic rings. The minimum absolute atomic E-state index is 0. The maximum absolute atomic E-state index is 13.0. The van der Waals surface area contributed by atoms with Crippen LogP contribution in [0.15, 0.2) is 24.3 Å². The summed E-state index contributed by atoms with van der Waals surface area (Å²) in [4.78, 5) is 0. The lowest BCUT2D eigenvalue weighted by Crippen LogP contribution is -2.45. The average molecular weight is 387 g/mol. The molecule has 0 aromatic heterocycles. The zero-order chi connectivity index (χ0) is 17.1. The van der Waals surface area contributed by atoms with E-state index in [0.29, 0.717) is 13.0 Å². The highest BCUT2D eigenvalue weighted by molar-refractivity contribution is 7.88. The Labute approximate surface area is 146 Å². The van der Waals surface area contributed by atoms with Crippen molar-refractivity contribution in [3.05, 3.63) is 35.4 Å². The fourth-order valence-corrected chi connectivity index (χ4v) is 4.56. The van der Waals surface area contributed by atoms with Gasteiger partial charge in [-0.05, 0) is 36.9 Å². The van der Waals surface area contributed by atoms with Crippen molar-refractivity contribution in [2.45, 2.75) is 43.7 Å². The van der Waals surface area contributed by atoms with E-state index in [4.69, 9.17) is 5.73 Å². The van der Waals surface area contributed by atoms with Gasteiger partial charge in [0.15, 0.2) is 0 Å². The maximum Gasteiger partial charge on any atom is 0.416 e. The molecule has 0 amide bonds. The van der Waals surface area contributed by atoms with Crippen LogP contribution < -0.4 is 10.5 Å². The summed E-state index contributed by atoms with van der Waals surface area (Å²) in [6.07, 6.45) is -1.18. The summed E-state index contributed by atoms with van der Waals surface area (Å²) in [5.74, 6) is -0.646. The molecule has 0 bridgehead atoms. The van der Waals surface area contributed by atoms with Crippen molar-refractivity contribution in [2.75, 3.05) is 6.54 Å². The van der Waals surface area contributed by atoms with E-state index in [1.165, 1.54) is 18.2 Å². The molecule has 24 heavy (non-hydrogen) atoms. The summed E-state index contributed by atoms with van der Waals surface area (Å²) < 4.78 is 66.0. The third kappa shape index (κ3) is 5.61. The lowest BCUT2D eigenvalue weighted by molar-refractivity contribution is -0.138. The minimum Gasteiger partial charge on any atom is -0.330 e. The van der Waals surface area contributed by atoms with Crippen LogP contribution in [0, 0.1) is 5.92 Å². The van der Waals surface area contributed by atoms with Crippen molar-refractivity contribution in [3.63, 3.8) is 0 Å². The third-order valence-corrected chi connectivity index (χ3v) is 5.56. The Morgan fingerprint density at radius 1 is 1.17 bits per heavy atom. The Morgan fingerprint density at radius 2 is 1.79 bits per heavy atom. The molecule has 0 radical (unpaired) electrons. The molecule has 0 aliphatic heterocycles. The Kier molecular flexibility index (Phi) is 7.52. The van der Waals surface area contributed by atoms with Crippen LogP contribution in [0.1, 0.15) is 36.8 Å². The van der Waals surface area contributed by atoms with Crippen LogP contribution in [-0.4, -0.2) is 21.0 Å². The van der Waals surface area contributed by atoms with Gasteiger partial charge >= 0.3 is 6.18 Å². The number of hydrogen-bond donors (Lipinski definition) is 2. The van der Waals surface area contributed by atoms with Gasteiger partial charge in [-0.1, -0.05) is 31.0 Å². The summed E-state index contributed by atoms with van der Waals surface area (Å²) in [7, 11) is -3.87. The molecule has 138 valence electrons. The largest absolute Gasteiger partial charge is 0.416 e. The Hall–Kier alpha value is -0.830. The second-order valence-corrected chi connectivity index (χ2v) is 7.67. The number of halogens is 4. The molecule has 1 fully saturated rings. The number of alkyl halides is 3. The van der Waals surface area contributed by atoms with Gasteiger partial charge in [-0.25, -0.2) is 13.1 Å². The first-order valence-electron chi connectivity index (χ1n) is 7.58. The van der Waals surface area contributed by atoms with Gasteiger partial charge in [-0.2, -0.15) is 13.2 Å². The van der Waals surface area contributed by atoms with Crippen molar-refractivity contribution < 1.29 is 21.6 Å². The smallest absolute Gasteiger partial charge is 0.330 e. The van der Waals surface area contributed by atoms with Crippen molar-refractivity contribution in [2.24, 2.45) is 11.7 Å². The lowest BCUT2D eigenvalue weighted by atomic mass is 9.85. The highest BCUT2D eigenvalue weighted by Crippen LogP contribution is 2.32. The van der Waals surface area contributed by atoms with Gasteiger partial charge in [0.05, 0.1) is 11.3 Å². The lowest BCUT2D eigenvalue weighted by Gasteiger charge is -2.31. The number of nitrogens with one attached hydrogen (secondary N) is 1. The molecule has 2 rings (SSSR count). The van der Waals surface area contributed by atoms with E-state index in [-0.39, 0.29) is 29.9 Å². The highest BCUT2D eigenvalue weighted by atomic mass is 35.5. The summed E-state index contributed by atoms with van der Waals surface area (Å²) in [6.45, 7) is 0.367. The molecule has 9 heteroatoms. The van der Waals surface area contributed by atoms with Crippen molar-refractivity contribution in [1.29, 1.82) is 0 Å². The minimum atomic E-state index is -4.57. The summed E-state index contributed by atoms with van der Waals surface area (Å²) in [6, 6.07) is 4.45. The van der Waals surface area contributed by atoms with E-state index in [9.17, 15) is 21.6 Å². The number of benzene rings is 1. The van der Waals surface area contributed by atoms with E-state index >= 15 is 0 Å². The van der Waals surface area contributed by atoms with Crippen LogP contribution in [0.3, 0.4) is 0 Å². The summed E-state index contributed by atoms with van der Waals surface area (Å²) in [5, 5.41) is 0. The average Bonchev–Trinajstić information content (AvgIpc) is 2.46. The molecule has 4 nitrogen and oxygen atoms in total. The fourth-order valence-electron chi connectivity index (χ4n) is 3.04. The third-order valence-electron chi connectivity index (χ3n) is 4.21. The highest BCUT2D eigenvalue weighted by Gasteiger charge is 2.35. The molecule has 0 saturated heterocycles. The molecule has 1 saturated carbocycles. The van der Waals surface area contributed by atoms with E-state index in [2.05, 4.69) is 4.72 Å². The van der Waals surface area contributed by atoms with E-state index in [0.717, 1.165) is 25.3 Å². The molecular formula is C15H22ClF3N2O2S. The monoisotopic (exact) mass is 386 g/mol. The summed E-state index contributed by atoms with van der Waals surface area (Å²) >= 11 is 0. The van der Waals surface area contributed by atoms with Gasteiger partial charge < -0.3 is 5.73 Å². The normalized spacial score (nSPS) is 22.0. The van der Waals surface area contributed by atoms with Crippen molar-refractivity contribution >= 4 is 22.4 Å². The second kappa shape index (κ2) is 8.51. The van der Waals surface area contributed by atoms with Crippen LogP contribution >= 0.6 is 12.4 Å². The molecule has 3 N–H and O–H groups in total. The van der Waals surface area contributed by atoms with Crippen LogP contribution in [0.4, 0.5) is 13.2 Å². The van der Waals surface area contributed by atoms with E-state index in [1.54, 1.807) is 0 Å². The second-order valence-electron chi connectivity index (χ2n) is 5.92. The van der Waals surface area contributed by atoms with Gasteiger partial charge in [0, 0.05) is 6.04 Å². The fraction of sp³-hybridized carbons (Fsp3) is 0.600. The van der Waals surface area contributed by atoms with Gasteiger partial charge in [-0.3, -0.25) is 0 Å². The molecule has 1 aromatic rings. The standard InChI is InChI=1S/C15H21F3N2O2S.ClH/c16-15(17,18)13-7-3-1-6-12(13)10-23(21,22)20-14-8-4-2-5-11(14)9-19;/h1,3,6-7,11,14,20H,2,4-5,8-10,19H2;1H. The Bertz CT molecular complexity index is 638. The number of nitrogens with two attached hydrogens (primary N) is 1. The van der Waals surface area contributed by atoms with Gasteiger partial charge in [0.25, 0.3) is 0 Å². The molecule has 0 spiro atoms. The van der Waals surface area contributed by atoms with Crippen molar-refractivity contribution in [3.8, 4) is 0 Å². The topological polar surface area (TPSA) is 72.2 Å². The first kappa shape index (κ1) is 21.2. The van der Waals surface area contributed by atoms with Crippen LogP contribution in [0.5, 0.6) is 0 Å².